The first-order valence-corrected chi connectivity index (χ1v) is 10.4. The Balaban J connectivity index is 1.74. The number of fused-ring (bicyclic) bond motifs is 1. The van der Waals surface area contributed by atoms with Gasteiger partial charge in [-0.1, -0.05) is 0 Å². The number of carbonyl (C=O) groups is 1. The fourth-order valence-corrected chi connectivity index (χ4v) is 3.45. The molecule has 1 unspecified atom stereocenters. The van der Waals surface area contributed by atoms with E-state index in [4.69, 9.17) is 16.3 Å². The Morgan fingerprint density at radius 1 is 1.24 bits per heavy atom. The van der Waals surface area contributed by atoms with Crippen molar-refractivity contribution in [2.75, 3.05) is 48.8 Å². The van der Waals surface area contributed by atoms with Gasteiger partial charge in [0.25, 0.3) is 0 Å². The van der Waals surface area contributed by atoms with Crippen molar-refractivity contribution in [2.24, 2.45) is 0 Å². The third kappa shape index (κ3) is 5.42. The predicted octanol–water partition coefficient (Wildman–Crippen LogP) is 3.30. The van der Waals surface area contributed by atoms with Crippen LogP contribution in [-0.2, 0) is 4.74 Å². The fraction of sp³-hybridized carbons (Fsp3) is 0.524. The van der Waals surface area contributed by atoms with E-state index in [0.29, 0.717) is 19.6 Å². The van der Waals surface area contributed by atoms with Gasteiger partial charge in [0, 0.05) is 67.3 Å². The molecule has 3 rings (SSSR count). The lowest BCUT2D eigenvalue weighted by Gasteiger charge is -2.37. The highest BCUT2D eigenvalue weighted by molar-refractivity contribution is 6.18. The van der Waals surface area contributed by atoms with Crippen molar-refractivity contribution < 1.29 is 14.6 Å². The van der Waals surface area contributed by atoms with Crippen molar-refractivity contribution >= 4 is 39.8 Å². The van der Waals surface area contributed by atoms with E-state index in [2.05, 4.69) is 21.3 Å². The van der Waals surface area contributed by atoms with Gasteiger partial charge in [-0.05, 0) is 39.0 Å². The number of nitrogens with zero attached hydrogens (tertiary/aromatic N) is 3. The van der Waals surface area contributed by atoms with Crippen LogP contribution in [0.3, 0.4) is 0 Å². The SMILES string of the molecule is CC(C)(C)OC(=O)N1CCN(c2ccc(NCC(O)CCl)c3cnccc23)CC1. The molecular weight excluding hydrogens is 392 g/mol. The molecule has 0 saturated carbocycles. The zero-order valence-corrected chi connectivity index (χ0v) is 17.9. The number of ether oxygens (including phenoxy) is 1. The Morgan fingerprint density at radius 3 is 2.62 bits per heavy atom. The Morgan fingerprint density at radius 2 is 1.97 bits per heavy atom. The molecule has 2 aromatic rings. The van der Waals surface area contributed by atoms with Crippen LogP contribution < -0.4 is 10.2 Å². The Bertz CT molecular complexity index is 847. The van der Waals surface area contributed by atoms with Gasteiger partial charge < -0.3 is 25.0 Å². The van der Waals surface area contributed by atoms with Gasteiger partial charge in [-0.3, -0.25) is 4.98 Å². The van der Waals surface area contributed by atoms with Crippen molar-refractivity contribution in [1.82, 2.24) is 9.88 Å². The number of anilines is 2. The maximum atomic E-state index is 12.3. The number of rotatable bonds is 5. The van der Waals surface area contributed by atoms with Crippen molar-refractivity contribution in [3.05, 3.63) is 30.6 Å². The van der Waals surface area contributed by atoms with Gasteiger partial charge in [0.1, 0.15) is 5.60 Å². The first-order chi connectivity index (χ1) is 13.8. The quantitative estimate of drug-likeness (QED) is 0.722. The van der Waals surface area contributed by atoms with E-state index < -0.39 is 11.7 Å². The molecule has 158 valence electrons. The highest BCUT2D eigenvalue weighted by atomic mass is 35.5. The number of nitrogens with one attached hydrogen (secondary N) is 1. The molecular formula is C21H29ClN4O3. The number of halogens is 1. The van der Waals surface area contributed by atoms with Crippen LogP contribution in [0.4, 0.5) is 16.2 Å². The van der Waals surface area contributed by atoms with Crippen LogP contribution in [0, 0.1) is 0 Å². The van der Waals surface area contributed by atoms with Crippen LogP contribution >= 0.6 is 11.6 Å². The number of aromatic nitrogens is 1. The summed E-state index contributed by atoms with van der Waals surface area (Å²) in [7, 11) is 0. The number of aliphatic hydroxyl groups is 1. The second-order valence-electron chi connectivity index (χ2n) is 8.20. The van der Waals surface area contributed by atoms with E-state index in [-0.39, 0.29) is 12.0 Å². The van der Waals surface area contributed by atoms with Gasteiger partial charge in [-0.2, -0.15) is 0 Å². The average Bonchev–Trinajstić information content (AvgIpc) is 2.70. The van der Waals surface area contributed by atoms with E-state index in [1.54, 1.807) is 11.1 Å². The van der Waals surface area contributed by atoms with Gasteiger partial charge in [0.05, 0.1) is 12.0 Å². The van der Waals surface area contributed by atoms with Gasteiger partial charge in [-0.15, -0.1) is 11.6 Å². The van der Waals surface area contributed by atoms with Crippen LogP contribution in [-0.4, -0.2) is 71.4 Å². The highest BCUT2D eigenvalue weighted by Gasteiger charge is 2.26. The summed E-state index contributed by atoms with van der Waals surface area (Å²) in [5.41, 5.74) is 1.53. The van der Waals surface area contributed by atoms with E-state index in [1.165, 1.54) is 0 Å². The minimum atomic E-state index is -0.607. The molecule has 29 heavy (non-hydrogen) atoms. The van der Waals surface area contributed by atoms with E-state index in [1.807, 2.05) is 39.1 Å². The van der Waals surface area contributed by atoms with Crippen LogP contribution in [0.5, 0.6) is 0 Å². The second kappa shape index (κ2) is 9.05. The van der Waals surface area contributed by atoms with Crippen LogP contribution in [0.1, 0.15) is 20.8 Å². The van der Waals surface area contributed by atoms with Crippen molar-refractivity contribution in [3.8, 4) is 0 Å². The molecule has 2 heterocycles. The first kappa shape index (κ1) is 21.5. The summed E-state index contributed by atoms with van der Waals surface area (Å²) in [6, 6.07) is 6.06. The summed E-state index contributed by atoms with van der Waals surface area (Å²) in [5, 5.41) is 15.0. The summed E-state index contributed by atoms with van der Waals surface area (Å²) in [6.45, 7) is 8.70. The van der Waals surface area contributed by atoms with Crippen LogP contribution in [0.15, 0.2) is 30.6 Å². The molecule has 0 bridgehead atoms. The minimum absolute atomic E-state index is 0.184. The average molecular weight is 421 g/mol. The standard InChI is InChI=1S/C21H29ClN4O3/c1-21(2,3)29-20(28)26-10-8-25(9-11-26)19-5-4-18(24-13-15(27)12-22)17-14-23-7-6-16(17)19/h4-7,14-15,24,27H,8-13H2,1-3H3. The van der Waals surface area contributed by atoms with Gasteiger partial charge in [0.15, 0.2) is 0 Å². The maximum Gasteiger partial charge on any atom is 0.410 e. The molecule has 1 aromatic carbocycles. The molecule has 0 radical (unpaired) electrons. The van der Waals surface area contributed by atoms with Gasteiger partial charge >= 0.3 is 6.09 Å². The Hall–Kier alpha value is -2.25. The van der Waals surface area contributed by atoms with Crippen molar-refractivity contribution in [1.29, 1.82) is 0 Å². The largest absolute Gasteiger partial charge is 0.444 e. The minimum Gasteiger partial charge on any atom is -0.444 e. The molecule has 7 nitrogen and oxygen atoms in total. The summed E-state index contributed by atoms with van der Waals surface area (Å²) in [4.78, 5) is 20.6. The van der Waals surface area contributed by atoms with E-state index in [0.717, 1.165) is 35.2 Å². The van der Waals surface area contributed by atoms with Gasteiger partial charge in [0.2, 0.25) is 0 Å². The summed E-state index contributed by atoms with van der Waals surface area (Å²) >= 11 is 5.69. The lowest BCUT2D eigenvalue weighted by atomic mass is 10.1. The molecule has 1 amide bonds. The number of hydrogen-bond donors (Lipinski definition) is 2. The zero-order chi connectivity index (χ0) is 21.0. The normalized spacial score (nSPS) is 16.0. The third-order valence-corrected chi connectivity index (χ3v) is 5.13. The topological polar surface area (TPSA) is 77.9 Å². The van der Waals surface area contributed by atoms with Crippen molar-refractivity contribution in [2.45, 2.75) is 32.5 Å². The molecule has 0 spiro atoms. The Kier molecular flexibility index (Phi) is 6.70. The summed E-state index contributed by atoms with van der Waals surface area (Å²) < 4.78 is 5.48. The number of amides is 1. The Labute approximate surface area is 176 Å². The number of carbonyl (C=O) groups excluding carboxylic acids is 1. The molecule has 0 aliphatic carbocycles. The monoisotopic (exact) mass is 420 g/mol. The summed E-state index contributed by atoms with van der Waals surface area (Å²) in [6.07, 6.45) is 2.73. The molecule has 1 atom stereocenters. The highest BCUT2D eigenvalue weighted by Crippen LogP contribution is 2.32. The second-order valence-corrected chi connectivity index (χ2v) is 8.51. The molecule has 1 fully saturated rings. The number of benzene rings is 1. The zero-order valence-electron chi connectivity index (χ0n) is 17.2. The molecule has 1 saturated heterocycles. The van der Waals surface area contributed by atoms with Crippen molar-refractivity contribution in [3.63, 3.8) is 0 Å². The summed E-state index contributed by atoms with van der Waals surface area (Å²) in [5.74, 6) is 0.184. The predicted molar refractivity (Wildman–Crippen MR) is 117 cm³/mol. The number of alkyl halides is 1. The number of piperazine rings is 1. The van der Waals surface area contributed by atoms with E-state index >= 15 is 0 Å². The smallest absolute Gasteiger partial charge is 0.410 e. The first-order valence-electron chi connectivity index (χ1n) is 9.86. The number of aliphatic hydroxyl groups excluding tert-OH is 1. The van der Waals surface area contributed by atoms with Crippen LogP contribution in [0.25, 0.3) is 10.8 Å². The maximum absolute atomic E-state index is 12.3. The van der Waals surface area contributed by atoms with Crippen LogP contribution in [0.2, 0.25) is 0 Å². The molecule has 1 aromatic heterocycles. The number of pyridine rings is 1. The van der Waals surface area contributed by atoms with Gasteiger partial charge in [-0.25, -0.2) is 4.79 Å². The molecule has 2 N–H and O–H groups in total. The molecule has 8 heteroatoms. The number of hydrogen-bond acceptors (Lipinski definition) is 6. The molecule has 1 aliphatic rings. The fourth-order valence-electron chi connectivity index (χ4n) is 3.34. The van der Waals surface area contributed by atoms with E-state index in [9.17, 15) is 9.90 Å². The lowest BCUT2D eigenvalue weighted by molar-refractivity contribution is 0.0240. The molecule has 1 aliphatic heterocycles. The lowest BCUT2D eigenvalue weighted by Crippen LogP contribution is -2.50. The third-order valence-electron chi connectivity index (χ3n) is 4.77.